The van der Waals surface area contributed by atoms with Crippen LogP contribution in [-0.2, 0) is 18.9 Å². The van der Waals surface area contributed by atoms with Crippen LogP contribution < -0.4 is 0 Å². The van der Waals surface area contributed by atoms with Gasteiger partial charge >= 0.3 is 5.97 Å². The third-order valence-electron chi connectivity index (χ3n) is 3.67. The van der Waals surface area contributed by atoms with Gasteiger partial charge in [0.05, 0.1) is 11.6 Å². The van der Waals surface area contributed by atoms with Gasteiger partial charge in [-0.25, -0.2) is 4.79 Å². The monoisotopic (exact) mass is 303 g/mol. The molecule has 1 aromatic carbocycles. The summed E-state index contributed by atoms with van der Waals surface area (Å²) in [7, 11) is 0. The molecule has 0 unspecified atom stereocenters. The van der Waals surface area contributed by atoms with Crippen molar-refractivity contribution in [3.05, 3.63) is 35.9 Å². The average molecular weight is 303 g/mol. The lowest BCUT2D eigenvalue weighted by atomic mass is 10.1. The van der Waals surface area contributed by atoms with Crippen LogP contribution in [0.3, 0.4) is 0 Å². The first kappa shape index (κ1) is 15.0. The molecule has 2 saturated heterocycles. The van der Waals surface area contributed by atoms with Crippen molar-refractivity contribution < 1.29 is 23.7 Å². The minimum Gasteiger partial charge on any atom is -0.459 e. The number of benzene rings is 1. The summed E-state index contributed by atoms with van der Waals surface area (Å²) in [5, 5.41) is 9.14. The maximum atomic E-state index is 12.0. The molecule has 2 fully saturated rings. The Morgan fingerprint density at radius 1 is 1.27 bits per heavy atom. The molecule has 0 aromatic heterocycles. The Kier molecular flexibility index (Phi) is 3.87. The number of hydrogen-bond acceptors (Lipinski definition) is 6. The van der Waals surface area contributed by atoms with Crippen molar-refractivity contribution in [1.82, 2.24) is 0 Å². The number of carbonyl (C=O) groups excluding carboxylic acids is 1. The van der Waals surface area contributed by atoms with Gasteiger partial charge in [-0.3, -0.25) is 0 Å². The number of nitriles is 1. The van der Waals surface area contributed by atoms with Gasteiger partial charge < -0.3 is 18.9 Å². The molecule has 6 nitrogen and oxygen atoms in total. The fourth-order valence-corrected chi connectivity index (χ4v) is 2.74. The first-order valence-electron chi connectivity index (χ1n) is 7.13. The molecule has 6 heteroatoms. The van der Waals surface area contributed by atoms with Gasteiger partial charge in [0.1, 0.15) is 24.9 Å². The lowest BCUT2D eigenvalue weighted by Crippen LogP contribution is -2.33. The summed E-state index contributed by atoms with van der Waals surface area (Å²) < 4.78 is 22.3. The van der Waals surface area contributed by atoms with Gasteiger partial charge in [0.15, 0.2) is 11.9 Å². The summed E-state index contributed by atoms with van der Waals surface area (Å²) in [6.07, 6.45) is -2.10. The highest BCUT2D eigenvalue weighted by atomic mass is 16.8. The third-order valence-corrected chi connectivity index (χ3v) is 3.67. The summed E-state index contributed by atoms with van der Waals surface area (Å²) in [5.41, 5.74) is 0.470. The van der Waals surface area contributed by atoms with E-state index in [1.807, 2.05) is 6.07 Å². The van der Waals surface area contributed by atoms with Gasteiger partial charge in [-0.05, 0) is 26.0 Å². The molecule has 0 amide bonds. The molecule has 2 heterocycles. The van der Waals surface area contributed by atoms with Gasteiger partial charge in [-0.15, -0.1) is 0 Å². The molecule has 0 aliphatic carbocycles. The summed E-state index contributed by atoms with van der Waals surface area (Å²) in [6.45, 7) is 3.59. The fourth-order valence-electron chi connectivity index (χ4n) is 2.74. The van der Waals surface area contributed by atoms with E-state index in [4.69, 9.17) is 24.2 Å². The topological polar surface area (TPSA) is 77.8 Å². The van der Waals surface area contributed by atoms with Gasteiger partial charge in [0.25, 0.3) is 0 Å². The number of ether oxygens (including phenoxy) is 4. The van der Waals surface area contributed by atoms with Crippen LogP contribution in [0.2, 0.25) is 0 Å². The molecule has 4 atom stereocenters. The highest BCUT2D eigenvalue weighted by Gasteiger charge is 2.55. The summed E-state index contributed by atoms with van der Waals surface area (Å²) >= 11 is 0. The van der Waals surface area contributed by atoms with Crippen LogP contribution in [0.1, 0.15) is 24.2 Å². The maximum Gasteiger partial charge on any atom is 0.338 e. The lowest BCUT2D eigenvalue weighted by molar-refractivity contribution is -0.184. The smallest absolute Gasteiger partial charge is 0.338 e. The normalized spacial score (nSPS) is 32.2. The lowest BCUT2D eigenvalue weighted by Gasteiger charge is -2.22. The molecular formula is C16H17NO5. The van der Waals surface area contributed by atoms with E-state index in [-0.39, 0.29) is 6.61 Å². The standard InChI is InChI=1S/C16H17NO5/c1-16(2)21-13-11(8-17)20-12(14(13)22-16)9-19-15(18)10-6-4-3-5-7-10/h3-7,11-14H,9H2,1-2H3/t11-,12-,13+,14-/m0/s1. The predicted octanol–water partition coefficient (Wildman–Crippen LogP) is 1.65. The zero-order valence-corrected chi connectivity index (χ0v) is 12.4. The predicted molar refractivity (Wildman–Crippen MR) is 74.8 cm³/mol. The Hall–Kier alpha value is -1.94. The molecule has 0 radical (unpaired) electrons. The Morgan fingerprint density at radius 2 is 1.95 bits per heavy atom. The highest BCUT2D eigenvalue weighted by molar-refractivity contribution is 5.89. The summed E-state index contributed by atoms with van der Waals surface area (Å²) in [4.78, 5) is 12.0. The second kappa shape index (κ2) is 5.69. The average Bonchev–Trinajstić information content (AvgIpc) is 2.99. The van der Waals surface area contributed by atoms with E-state index in [0.29, 0.717) is 5.56 Å². The number of nitrogens with zero attached hydrogens (tertiary/aromatic N) is 1. The van der Waals surface area contributed by atoms with Crippen molar-refractivity contribution in [3.63, 3.8) is 0 Å². The Morgan fingerprint density at radius 3 is 2.64 bits per heavy atom. The van der Waals surface area contributed by atoms with E-state index in [1.54, 1.807) is 38.1 Å². The number of fused-ring (bicyclic) bond motifs is 1. The minimum absolute atomic E-state index is 0.0204. The molecule has 2 aliphatic rings. The maximum absolute atomic E-state index is 12.0. The van der Waals surface area contributed by atoms with Crippen LogP contribution in [-0.4, -0.2) is 42.8 Å². The molecule has 0 spiro atoms. The summed E-state index contributed by atoms with van der Waals surface area (Å²) in [6, 6.07) is 10.8. The van der Waals surface area contributed by atoms with Crippen LogP contribution in [0.4, 0.5) is 0 Å². The molecule has 0 saturated carbocycles. The largest absolute Gasteiger partial charge is 0.459 e. The second-order valence-corrected chi connectivity index (χ2v) is 5.75. The molecule has 0 bridgehead atoms. The van der Waals surface area contributed by atoms with E-state index >= 15 is 0 Å². The summed E-state index contributed by atoms with van der Waals surface area (Å²) in [5.74, 6) is -1.20. The van der Waals surface area contributed by atoms with E-state index in [2.05, 4.69) is 6.07 Å². The number of carbonyl (C=O) groups is 1. The van der Waals surface area contributed by atoms with E-state index in [9.17, 15) is 4.79 Å². The van der Waals surface area contributed by atoms with Crippen LogP contribution >= 0.6 is 0 Å². The molecular weight excluding hydrogens is 286 g/mol. The van der Waals surface area contributed by atoms with Crippen molar-refractivity contribution >= 4 is 5.97 Å². The van der Waals surface area contributed by atoms with Crippen molar-refractivity contribution in [1.29, 1.82) is 5.26 Å². The number of esters is 1. The van der Waals surface area contributed by atoms with Gasteiger partial charge in [-0.1, -0.05) is 18.2 Å². The first-order chi connectivity index (χ1) is 10.5. The zero-order valence-electron chi connectivity index (χ0n) is 12.4. The van der Waals surface area contributed by atoms with Crippen molar-refractivity contribution in [2.45, 2.75) is 44.1 Å². The van der Waals surface area contributed by atoms with Gasteiger partial charge in [0, 0.05) is 0 Å². The first-order valence-corrected chi connectivity index (χ1v) is 7.13. The van der Waals surface area contributed by atoms with E-state index in [0.717, 1.165) is 0 Å². The number of rotatable bonds is 3. The molecule has 116 valence electrons. The number of hydrogen-bond donors (Lipinski definition) is 0. The van der Waals surface area contributed by atoms with Crippen molar-refractivity contribution in [3.8, 4) is 6.07 Å². The minimum atomic E-state index is -0.768. The van der Waals surface area contributed by atoms with Crippen LogP contribution in [0.25, 0.3) is 0 Å². The molecule has 3 rings (SSSR count). The third kappa shape index (κ3) is 2.83. The Balaban J connectivity index is 1.63. The molecule has 22 heavy (non-hydrogen) atoms. The van der Waals surface area contributed by atoms with Crippen LogP contribution in [0.5, 0.6) is 0 Å². The zero-order chi connectivity index (χ0) is 15.7. The Bertz CT molecular complexity index is 594. The molecule has 0 N–H and O–H groups in total. The second-order valence-electron chi connectivity index (χ2n) is 5.75. The van der Waals surface area contributed by atoms with E-state index < -0.39 is 36.2 Å². The van der Waals surface area contributed by atoms with Gasteiger partial charge in [0.2, 0.25) is 0 Å². The van der Waals surface area contributed by atoms with Crippen LogP contribution in [0, 0.1) is 11.3 Å². The van der Waals surface area contributed by atoms with E-state index in [1.165, 1.54) is 0 Å². The molecule has 2 aliphatic heterocycles. The van der Waals surface area contributed by atoms with Crippen molar-refractivity contribution in [2.75, 3.05) is 6.61 Å². The SMILES string of the molecule is CC1(C)O[C@@H]2[C@H](O1)[C@H](C#N)O[C@H]2COC(=O)c1ccccc1. The van der Waals surface area contributed by atoms with Crippen LogP contribution in [0.15, 0.2) is 30.3 Å². The highest BCUT2D eigenvalue weighted by Crippen LogP contribution is 2.38. The quantitative estimate of drug-likeness (QED) is 0.790. The molecule has 1 aromatic rings. The van der Waals surface area contributed by atoms with Gasteiger partial charge in [-0.2, -0.15) is 5.26 Å². The van der Waals surface area contributed by atoms with Crippen molar-refractivity contribution in [2.24, 2.45) is 0 Å². The Labute approximate surface area is 128 Å². The fraction of sp³-hybridized carbons (Fsp3) is 0.500.